The van der Waals surface area contributed by atoms with Gasteiger partial charge in [0.15, 0.2) is 0 Å². The molecule has 2 rings (SSSR count). The van der Waals surface area contributed by atoms with Crippen molar-refractivity contribution in [1.82, 2.24) is 0 Å². The Bertz CT molecular complexity index is 326. The molecule has 1 unspecified atom stereocenters. The van der Waals surface area contributed by atoms with Crippen LogP contribution in [0.4, 0.5) is 0 Å². The monoisotopic (exact) mass is 190 g/mol. The second kappa shape index (κ2) is 3.74. The number of hydrogen-bond acceptors (Lipinski definition) is 1. The third-order valence-corrected chi connectivity index (χ3v) is 3.05. The summed E-state index contributed by atoms with van der Waals surface area (Å²) in [6, 6.07) is 6.31. The molecule has 0 bridgehead atoms. The summed E-state index contributed by atoms with van der Waals surface area (Å²) in [5.41, 5.74) is 3.57. The van der Waals surface area contributed by atoms with Crippen LogP contribution >= 0.6 is 0 Å². The number of aryl methyl sites for hydroxylation is 2. The SMILES string of the molecule is Cc1ccc(C)c(C(O)CC2CC2)c1. The molecule has 1 nitrogen and oxygen atoms in total. The molecule has 1 aromatic carbocycles. The fourth-order valence-corrected chi connectivity index (χ4v) is 1.92. The van der Waals surface area contributed by atoms with Gasteiger partial charge in [-0.05, 0) is 37.3 Å². The quantitative estimate of drug-likeness (QED) is 0.776. The van der Waals surface area contributed by atoms with E-state index in [-0.39, 0.29) is 6.10 Å². The molecule has 1 aromatic rings. The first-order chi connectivity index (χ1) is 6.66. The summed E-state index contributed by atoms with van der Waals surface area (Å²) in [7, 11) is 0. The van der Waals surface area contributed by atoms with Crippen molar-refractivity contribution in [3.05, 3.63) is 34.9 Å². The predicted octanol–water partition coefficient (Wildman–Crippen LogP) is 3.14. The number of hydrogen-bond donors (Lipinski definition) is 1. The molecule has 0 amide bonds. The van der Waals surface area contributed by atoms with Crippen molar-refractivity contribution in [2.75, 3.05) is 0 Å². The fourth-order valence-electron chi connectivity index (χ4n) is 1.92. The summed E-state index contributed by atoms with van der Waals surface area (Å²) < 4.78 is 0. The van der Waals surface area contributed by atoms with Crippen LogP contribution in [0.5, 0.6) is 0 Å². The van der Waals surface area contributed by atoms with E-state index in [4.69, 9.17) is 0 Å². The van der Waals surface area contributed by atoms with E-state index in [1.54, 1.807) is 0 Å². The molecule has 0 heterocycles. The zero-order valence-electron chi connectivity index (χ0n) is 8.96. The Labute approximate surface area is 85.8 Å². The third kappa shape index (κ3) is 2.16. The van der Waals surface area contributed by atoms with Crippen LogP contribution in [-0.2, 0) is 0 Å². The van der Waals surface area contributed by atoms with Crippen molar-refractivity contribution in [3.63, 3.8) is 0 Å². The highest BCUT2D eigenvalue weighted by atomic mass is 16.3. The Balaban J connectivity index is 2.15. The molecular formula is C13H18O. The van der Waals surface area contributed by atoms with E-state index in [0.29, 0.717) is 0 Å². The van der Waals surface area contributed by atoms with Gasteiger partial charge in [-0.25, -0.2) is 0 Å². The van der Waals surface area contributed by atoms with Gasteiger partial charge in [0.05, 0.1) is 6.10 Å². The van der Waals surface area contributed by atoms with Gasteiger partial charge < -0.3 is 5.11 Å². The normalized spacial score (nSPS) is 18.2. The first-order valence-electron chi connectivity index (χ1n) is 5.42. The molecule has 0 aromatic heterocycles. The maximum Gasteiger partial charge on any atom is 0.0795 e. The lowest BCUT2D eigenvalue weighted by molar-refractivity contribution is 0.159. The number of benzene rings is 1. The molecule has 14 heavy (non-hydrogen) atoms. The molecular weight excluding hydrogens is 172 g/mol. The first kappa shape index (κ1) is 9.72. The van der Waals surface area contributed by atoms with Crippen molar-refractivity contribution in [2.45, 2.75) is 39.2 Å². The van der Waals surface area contributed by atoms with Gasteiger partial charge in [0.25, 0.3) is 0 Å². The molecule has 1 atom stereocenters. The molecule has 0 saturated heterocycles. The van der Waals surface area contributed by atoms with E-state index in [9.17, 15) is 5.11 Å². The third-order valence-electron chi connectivity index (χ3n) is 3.05. The second-order valence-corrected chi connectivity index (χ2v) is 4.55. The van der Waals surface area contributed by atoms with Gasteiger partial charge in [0, 0.05) is 0 Å². The molecule has 1 N–H and O–H groups in total. The summed E-state index contributed by atoms with van der Waals surface area (Å²) >= 11 is 0. The van der Waals surface area contributed by atoms with Gasteiger partial charge in [-0.2, -0.15) is 0 Å². The minimum absolute atomic E-state index is 0.248. The van der Waals surface area contributed by atoms with Crippen molar-refractivity contribution in [3.8, 4) is 0 Å². The van der Waals surface area contributed by atoms with Crippen LogP contribution in [0, 0.1) is 19.8 Å². The van der Waals surface area contributed by atoms with Gasteiger partial charge >= 0.3 is 0 Å². The summed E-state index contributed by atoms with van der Waals surface area (Å²) in [5.74, 6) is 0.782. The maximum absolute atomic E-state index is 10.0. The Hall–Kier alpha value is -0.820. The zero-order valence-corrected chi connectivity index (χ0v) is 8.96. The van der Waals surface area contributed by atoms with E-state index in [1.165, 1.54) is 24.0 Å². The number of aliphatic hydroxyl groups excluding tert-OH is 1. The van der Waals surface area contributed by atoms with Crippen LogP contribution in [0.25, 0.3) is 0 Å². The van der Waals surface area contributed by atoms with Crippen LogP contribution in [0.15, 0.2) is 18.2 Å². The van der Waals surface area contributed by atoms with Crippen LogP contribution in [0.1, 0.15) is 42.1 Å². The average molecular weight is 190 g/mol. The Morgan fingerprint density at radius 3 is 2.71 bits per heavy atom. The van der Waals surface area contributed by atoms with Crippen LogP contribution in [0.2, 0.25) is 0 Å². The van der Waals surface area contributed by atoms with Gasteiger partial charge in [0.2, 0.25) is 0 Å². The largest absolute Gasteiger partial charge is 0.388 e. The molecule has 0 radical (unpaired) electrons. The first-order valence-corrected chi connectivity index (χ1v) is 5.42. The van der Waals surface area contributed by atoms with Crippen molar-refractivity contribution in [2.24, 2.45) is 5.92 Å². The van der Waals surface area contributed by atoms with Crippen molar-refractivity contribution >= 4 is 0 Å². The highest BCUT2D eigenvalue weighted by molar-refractivity contribution is 5.32. The lowest BCUT2D eigenvalue weighted by Gasteiger charge is -2.13. The second-order valence-electron chi connectivity index (χ2n) is 4.55. The van der Waals surface area contributed by atoms with E-state index in [2.05, 4.69) is 32.0 Å². The molecule has 1 heteroatoms. The van der Waals surface area contributed by atoms with Crippen molar-refractivity contribution < 1.29 is 5.11 Å². The molecule has 1 aliphatic rings. The molecule has 1 saturated carbocycles. The van der Waals surface area contributed by atoms with E-state index < -0.39 is 0 Å². The van der Waals surface area contributed by atoms with Gasteiger partial charge in [0.1, 0.15) is 0 Å². The highest BCUT2D eigenvalue weighted by Gasteiger charge is 2.25. The summed E-state index contributed by atoms with van der Waals surface area (Å²) in [5, 5.41) is 10.0. The Morgan fingerprint density at radius 1 is 1.36 bits per heavy atom. The average Bonchev–Trinajstić information content (AvgIpc) is 2.93. The maximum atomic E-state index is 10.0. The van der Waals surface area contributed by atoms with Gasteiger partial charge in [-0.1, -0.05) is 36.6 Å². The predicted molar refractivity (Wildman–Crippen MR) is 58.2 cm³/mol. The zero-order chi connectivity index (χ0) is 10.1. The molecule has 1 fully saturated rings. The number of aliphatic hydroxyl groups is 1. The molecule has 0 aliphatic heterocycles. The smallest absolute Gasteiger partial charge is 0.0795 e. The van der Waals surface area contributed by atoms with Gasteiger partial charge in [-0.3, -0.25) is 0 Å². The van der Waals surface area contributed by atoms with Crippen LogP contribution < -0.4 is 0 Å². The summed E-state index contributed by atoms with van der Waals surface area (Å²) in [6.45, 7) is 4.15. The Morgan fingerprint density at radius 2 is 2.07 bits per heavy atom. The lowest BCUT2D eigenvalue weighted by Crippen LogP contribution is -2.01. The van der Waals surface area contributed by atoms with Gasteiger partial charge in [-0.15, -0.1) is 0 Å². The van der Waals surface area contributed by atoms with Crippen LogP contribution in [-0.4, -0.2) is 5.11 Å². The lowest BCUT2D eigenvalue weighted by atomic mass is 9.97. The highest BCUT2D eigenvalue weighted by Crippen LogP contribution is 2.38. The van der Waals surface area contributed by atoms with E-state index >= 15 is 0 Å². The fraction of sp³-hybridized carbons (Fsp3) is 0.538. The summed E-state index contributed by atoms with van der Waals surface area (Å²) in [6.07, 6.45) is 3.32. The summed E-state index contributed by atoms with van der Waals surface area (Å²) in [4.78, 5) is 0. The van der Waals surface area contributed by atoms with Crippen molar-refractivity contribution in [1.29, 1.82) is 0 Å². The molecule has 76 valence electrons. The van der Waals surface area contributed by atoms with E-state index in [0.717, 1.165) is 17.9 Å². The molecule has 1 aliphatic carbocycles. The van der Waals surface area contributed by atoms with E-state index in [1.807, 2.05) is 0 Å². The standard InChI is InChI=1S/C13H18O/c1-9-3-4-10(2)12(7-9)13(14)8-11-5-6-11/h3-4,7,11,13-14H,5-6,8H2,1-2H3. The molecule has 0 spiro atoms. The minimum atomic E-state index is -0.248. The number of rotatable bonds is 3. The Kier molecular flexibility index (Phi) is 2.60. The topological polar surface area (TPSA) is 20.2 Å². The van der Waals surface area contributed by atoms with Crippen LogP contribution in [0.3, 0.4) is 0 Å². The minimum Gasteiger partial charge on any atom is -0.388 e.